The topological polar surface area (TPSA) is 72.6 Å². The number of halogens is 1. The molecule has 7 heteroatoms. The zero-order chi connectivity index (χ0) is 15.2. The molecule has 2 atom stereocenters. The standard InChI is InChI=1S/C14H19ClN2O3S/c1-9-5-10-6-12(7-13(15)14(10)20-9)21(18,19)17-4-2-3-11(16)8-17/h6-7,9,11H,2-5,8,16H2,1H3. The normalized spacial score (nSPS) is 26.4. The molecule has 1 fully saturated rings. The van der Waals surface area contributed by atoms with Gasteiger partial charge >= 0.3 is 0 Å². The lowest BCUT2D eigenvalue weighted by Gasteiger charge is -2.30. The SMILES string of the molecule is CC1Cc2cc(S(=O)(=O)N3CCCC(N)C3)cc(Cl)c2O1. The van der Waals surface area contributed by atoms with Crippen molar-refractivity contribution in [2.75, 3.05) is 13.1 Å². The van der Waals surface area contributed by atoms with Crippen molar-refractivity contribution in [2.45, 2.75) is 43.2 Å². The highest BCUT2D eigenvalue weighted by Gasteiger charge is 2.31. The van der Waals surface area contributed by atoms with Crippen LogP contribution in [0.15, 0.2) is 17.0 Å². The fourth-order valence-corrected chi connectivity index (χ4v) is 4.91. The molecule has 2 heterocycles. The second kappa shape index (κ2) is 5.43. The van der Waals surface area contributed by atoms with Gasteiger partial charge in [-0.05, 0) is 31.9 Å². The molecule has 1 saturated heterocycles. The molecule has 0 spiro atoms. The van der Waals surface area contributed by atoms with Crippen LogP contribution in [0, 0.1) is 0 Å². The smallest absolute Gasteiger partial charge is 0.243 e. The van der Waals surface area contributed by atoms with Crippen molar-refractivity contribution in [1.29, 1.82) is 0 Å². The molecule has 21 heavy (non-hydrogen) atoms. The lowest BCUT2D eigenvalue weighted by Crippen LogP contribution is -2.45. The van der Waals surface area contributed by atoms with Crippen molar-refractivity contribution in [3.8, 4) is 5.75 Å². The molecule has 0 aromatic heterocycles. The Hall–Kier alpha value is -0.820. The number of hydrogen-bond acceptors (Lipinski definition) is 4. The van der Waals surface area contributed by atoms with Gasteiger partial charge in [0.1, 0.15) is 11.9 Å². The molecule has 0 amide bonds. The molecule has 2 aliphatic rings. The van der Waals surface area contributed by atoms with Crippen molar-refractivity contribution in [3.63, 3.8) is 0 Å². The highest BCUT2D eigenvalue weighted by atomic mass is 35.5. The van der Waals surface area contributed by atoms with Gasteiger partial charge in [-0.2, -0.15) is 4.31 Å². The van der Waals surface area contributed by atoms with Crippen molar-refractivity contribution in [2.24, 2.45) is 5.73 Å². The monoisotopic (exact) mass is 330 g/mol. The highest BCUT2D eigenvalue weighted by molar-refractivity contribution is 7.89. The van der Waals surface area contributed by atoms with E-state index in [1.54, 1.807) is 6.07 Å². The Kier molecular flexibility index (Phi) is 3.90. The minimum Gasteiger partial charge on any atom is -0.489 e. The van der Waals surface area contributed by atoms with Crippen LogP contribution >= 0.6 is 11.6 Å². The molecule has 0 radical (unpaired) electrons. The van der Waals surface area contributed by atoms with Crippen LogP contribution in [0.3, 0.4) is 0 Å². The first-order valence-electron chi connectivity index (χ1n) is 7.12. The van der Waals surface area contributed by atoms with Crippen LogP contribution in [0.1, 0.15) is 25.3 Å². The summed E-state index contributed by atoms with van der Waals surface area (Å²) >= 11 is 6.18. The number of nitrogens with two attached hydrogens (primary N) is 1. The molecule has 0 aliphatic carbocycles. The molecular formula is C14H19ClN2O3S. The summed E-state index contributed by atoms with van der Waals surface area (Å²) in [6.45, 7) is 2.82. The Morgan fingerprint density at radius 3 is 2.90 bits per heavy atom. The van der Waals surface area contributed by atoms with E-state index in [0.29, 0.717) is 30.3 Å². The van der Waals surface area contributed by atoms with Crippen LogP contribution in [-0.4, -0.2) is 38.0 Å². The summed E-state index contributed by atoms with van der Waals surface area (Å²) in [5.74, 6) is 0.610. The third-order valence-electron chi connectivity index (χ3n) is 3.98. The van der Waals surface area contributed by atoms with E-state index >= 15 is 0 Å². The van der Waals surface area contributed by atoms with Crippen LogP contribution in [0.4, 0.5) is 0 Å². The average molecular weight is 331 g/mol. The van der Waals surface area contributed by atoms with Crippen LogP contribution in [0.2, 0.25) is 5.02 Å². The summed E-state index contributed by atoms with van der Waals surface area (Å²) in [6.07, 6.45) is 2.36. The molecule has 3 rings (SSSR count). The third-order valence-corrected chi connectivity index (χ3v) is 6.10. The Morgan fingerprint density at radius 2 is 2.19 bits per heavy atom. The van der Waals surface area contributed by atoms with Crippen LogP contribution < -0.4 is 10.5 Å². The maximum Gasteiger partial charge on any atom is 0.243 e. The first-order chi connectivity index (χ1) is 9.88. The molecule has 2 aliphatic heterocycles. The zero-order valence-corrected chi connectivity index (χ0v) is 13.5. The maximum atomic E-state index is 12.7. The van der Waals surface area contributed by atoms with E-state index in [2.05, 4.69) is 0 Å². The third kappa shape index (κ3) is 2.77. The zero-order valence-electron chi connectivity index (χ0n) is 11.9. The number of fused-ring (bicyclic) bond motifs is 1. The number of ether oxygens (including phenoxy) is 1. The fraction of sp³-hybridized carbons (Fsp3) is 0.571. The minimum absolute atomic E-state index is 0.0267. The first kappa shape index (κ1) is 15.1. The molecule has 0 bridgehead atoms. The van der Waals surface area contributed by atoms with Crippen molar-refractivity contribution in [1.82, 2.24) is 4.31 Å². The molecule has 2 N–H and O–H groups in total. The lowest BCUT2D eigenvalue weighted by atomic mass is 10.1. The van der Waals surface area contributed by atoms with Gasteiger partial charge in [0.05, 0.1) is 9.92 Å². The van der Waals surface area contributed by atoms with E-state index in [9.17, 15) is 8.42 Å². The van der Waals surface area contributed by atoms with Crippen LogP contribution in [0.5, 0.6) is 5.75 Å². The number of rotatable bonds is 2. The van der Waals surface area contributed by atoms with Gasteiger partial charge in [-0.25, -0.2) is 8.42 Å². The van der Waals surface area contributed by atoms with Gasteiger partial charge in [0, 0.05) is 31.1 Å². The van der Waals surface area contributed by atoms with Gasteiger partial charge < -0.3 is 10.5 Å². The molecule has 0 saturated carbocycles. The van der Waals surface area contributed by atoms with Crippen LogP contribution in [0.25, 0.3) is 0 Å². The number of nitrogens with zero attached hydrogens (tertiary/aromatic N) is 1. The second-order valence-electron chi connectivity index (χ2n) is 5.79. The first-order valence-corrected chi connectivity index (χ1v) is 8.94. The van der Waals surface area contributed by atoms with E-state index in [0.717, 1.165) is 18.4 Å². The summed E-state index contributed by atoms with van der Waals surface area (Å²) < 4.78 is 32.5. The average Bonchev–Trinajstić information content (AvgIpc) is 2.80. The Labute approximate surface area is 130 Å². The van der Waals surface area contributed by atoms with Gasteiger partial charge in [0.15, 0.2) is 0 Å². The molecular weight excluding hydrogens is 312 g/mol. The summed E-state index contributed by atoms with van der Waals surface area (Å²) in [4.78, 5) is 0.234. The van der Waals surface area contributed by atoms with Crippen molar-refractivity contribution >= 4 is 21.6 Å². The molecule has 1 aromatic carbocycles. The Bertz CT molecular complexity index is 662. The fourth-order valence-electron chi connectivity index (χ4n) is 2.95. The van der Waals surface area contributed by atoms with Gasteiger partial charge in [-0.15, -0.1) is 0 Å². The molecule has 5 nitrogen and oxygen atoms in total. The van der Waals surface area contributed by atoms with E-state index in [4.69, 9.17) is 22.1 Å². The highest BCUT2D eigenvalue weighted by Crippen LogP contribution is 2.38. The molecule has 116 valence electrons. The van der Waals surface area contributed by atoms with E-state index in [1.165, 1.54) is 10.4 Å². The summed E-state index contributed by atoms with van der Waals surface area (Å²) in [5.41, 5.74) is 6.74. The maximum absolute atomic E-state index is 12.7. The largest absolute Gasteiger partial charge is 0.489 e. The predicted molar refractivity (Wildman–Crippen MR) is 81.2 cm³/mol. The number of hydrogen-bond donors (Lipinski definition) is 1. The quantitative estimate of drug-likeness (QED) is 0.897. The molecule has 2 unspecified atom stereocenters. The van der Waals surface area contributed by atoms with Gasteiger partial charge in [-0.3, -0.25) is 0 Å². The minimum atomic E-state index is -3.54. The Balaban J connectivity index is 1.97. The summed E-state index contributed by atoms with van der Waals surface area (Å²) in [5, 5.41) is 0.358. The van der Waals surface area contributed by atoms with Gasteiger partial charge in [-0.1, -0.05) is 11.6 Å². The number of sulfonamides is 1. The number of benzene rings is 1. The van der Waals surface area contributed by atoms with Crippen molar-refractivity contribution < 1.29 is 13.2 Å². The van der Waals surface area contributed by atoms with Crippen molar-refractivity contribution in [3.05, 3.63) is 22.7 Å². The summed E-state index contributed by atoms with van der Waals surface area (Å²) in [7, 11) is -3.54. The van der Waals surface area contributed by atoms with Gasteiger partial charge in [0.2, 0.25) is 10.0 Å². The van der Waals surface area contributed by atoms with E-state index in [-0.39, 0.29) is 17.0 Å². The van der Waals surface area contributed by atoms with Crippen LogP contribution in [-0.2, 0) is 16.4 Å². The Morgan fingerprint density at radius 1 is 1.43 bits per heavy atom. The number of piperidine rings is 1. The molecule has 1 aromatic rings. The van der Waals surface area contributed by atoms with E-state index in [1.807, 2.05) is 6.92 Å². The lowest BCUT2D eigenvalue weighted by molar-refractivity contribution is 0.255. The second-order valence-corrected chi connectivity index (χ2v) is 8.14. The summed E-state index contributed by atoms with van der Waals surface area (Å²) in [6, 6.07) is 3.07. The van der Waals surface area contributed by atoms with E-state index < -0.39 is 10.0 Å². The predicted octanol–water partition coefficient (Wildman–Crippen LogP) is 1.78. The van der Waals surface area contributed by atoms with Gasteiger partial charge in [0.25, 0.3) is 0 Å².